The molecule has 1 unspecified atom stereocenters. The van der Waals surface area contributed by atoms with Crippen molar-refractivity contribution in [3.05, 3.63) is 59.7 Å². The van der Waals surface area contributed by atoms with Crippen LogP contribution in [-0.2, 0) is 20.7 Å². The molecule has 9 nitrogen and oxygen atoms in total. The van der Waals surface area contributed by atoms with Gasteiger partial charge in [0.15, 0.2) is 0 Å². The SMILES string of the molecule is CCCCOc1cc(C(=O)OCCN(CC)CC)ccc1NC(=O)C(Cc1ccccc1)NC(=O)OC(C)(C)C. The van der Waals surface area contributed by atoms with Crippen molar-refractivity contribution < 1.29 is 28.6 Å². The van der Waals surface area contributed by atoms with Crippen LogP contribution in [0.5, 0.6) is 5.75 Å². The predicted molar refractivity (Wildman–Crippen MR) is 157 cm³/mol. The van der Waals surface area contributed by atoms with E-state index in [4.69, 9.17) is 14.2 Å². The molecule has 0 saturated carbocycles. The quantitative estimate of drug-likeness (QED) is 0.223. The van der Waals surface area contributed by atoms with Gasteiger partial charge in [-0.05, 0) is 64.0 Å². The van der Waals surface area contributed by atoms with Crippen molar-refractivity contribution in [3.63, 3.8) is 0 Å². The van der Waals surface area contributed by atoms with Crippen molar-refractivity contribution in [1.82, 2.24) is 10.2 Å². The zero-order valence-corrected chi connectivity index (χ0v) is 24.7. The second kappa shape index (κ2) is 16.5. The summed E-state index contributed by atoms with van der Waals surface area (Å²) < 4.78 is 16.8. The van der Waals surface area contributed by atoms with E-state index in [0.29, 0.717) is 30.2 Å². The van der Waals surface area contributed by atoms with Crippen molar-refractivity contribution in [2.45, 2.75) is 72.4 Å². The van der Waals surface area contributed by atoms with Gasteiger partial charge in [-0.25, -0.2) is 9.59 Å². The van der Waals surface area contributed by atoms with Crippen LogP contribution in [0.25, 0.3) is 0 Å². The summed E-state index contributed by atoms with van der Waals surface area (Å²) in [7, 11) is 0. The second-order valence-electron chi connectivity index (χ2n) is 10.5. The Morgan fingerprint density at radius 2 is 1.65 bits per heavy atom. The predicted octanol–water partition coefficient (Wildman–Crippen LogP) is 5.44. The summed E-state index contributed by atoms with van der Waals surface area (Å²) in [5.74, 6) is -0.542. The first kappa shape index (κ1) is 32.6. The number of ether oxygens (including phenoxy) is 3. The molecule has 2 amide bonds. The molecule has 0 radical (unpaired) electrons. The summed E-state index contributed by atoms with van der Waals surface area (Å²) in [6, 6.07) is 13.3. The first-order chi connectivity index (χ1) is 19.1. The minimum Gasteiger partial charge on any atom is -0.491 e. The van der Waals surface area contributed by atoms with Gasteiger partial charge >= 0.3 is 12.1 Å². The molecule has 9 heteroatoms. The Morgan fingerprint density at radius 3 is 2.27 bits per heavy atom. The van der Waals surface area contributed by atoms with Crippen LogP contribution in [0, 0.1) is 0 Å². The highest BCUT2D eigenvalue weighted by molar-refractivity contribution is 5.99. The van der Waals surface area contributed by atoms with Gasteiger partial charge in [0.05, 0.1) is 17.9 Å². The number of unbranched alkanes of at least 4 members (excludes halogenated alkanes) is 1. The van der Waals surface area contributed by atoms with Crippen molar-refractivity contribution in [3.8, 4) is 5.75 Å². The summed E-state index contributed by atoms with van der Waals surface area (Å²) in [4.78, 5) is 40.9. The van der Waals surface area contributed by atoms with Gasteiger partial charge in [-0.1, -0.05) is 57.5 Å². The lowest BCUT2D eigenvalue weighted by atomic mass is 10.1. The molecule has 2 N–H and O–H groups in total. The van der Waals surface area contributed by atoms with Gasteiger partial charge in [0.25, 0.3) is 0 Å². The number of anilines is 1. The molecule has 220 valence electrons. The Hall–Kier alpha value is -3.59. The number of alkyl carbamates (subject to hydrolysis) is 1. The van der Waals surface area contributed by atoms with Gasteiger partial charge < -0.3 is 29.7 Å². The van der Waals surface area contributed by atoms with Crippen molar-refractivity contribution in [2.75, 3.05) is 38.2 Å². The first-order valence-corrected chi connectivity index (χ1v) is 14.1. The number of nitrogens with one attached hydrogen (secondary N) is 2. The van der Waals surface area contributed by atoms with E-state index in [1.165, 1.54) is 0 Å². The van der Waals surface area contributed by atoms with Crippen molar-refractivity contribution >= 4 is 23.7 Å². The minimum atomic E-state index is -0.912. The molecule has 0 heterocycles. The Kier molecular flexibility index (Phi) is 13.5. The highest BCUT2D eigenvalue weighted by Crippen LogP contribution is 2.27. The maximum atomic E-state index is 13.4. The van der Waals surface area contributed by atoms with E-state index in [2.05, 4.69) is 29.4 Å². The van der Waals surface area contributed by atoms with Crippen LogP contribution in [0.15, 0.2) is 48.5 Å². The summed E-state index contributed by atoms with van der Waals surface area (Å²) in [5.41, 5.74) is 0.885. The molecule has 0 fully saturated rings. The highest BCUT2D eigenvalue weighted by atomic mass is 16.6. The molecule has 2 aromatic carbocycles. The fourth-order valence-corrected chi connectivity index (χ4v) is 3.82. The molecule has 40 heavy (non-hydrogen) atoms. The third kappa shape index (κ3) is 11.7. The Labute approximate surface area is 238 Å². The van der Waals surface area contributed by atoms with Gasteiger partial charge in [-0.2, -0.15) is 0 Å². The average molecular weight is 556 g/mol. The minimum absolute atomic E-state index is 0.259. The normalized spacial score (nSPS) is 12.0. The van der Waals surface area contributed by atoms with Crippen LogP contribution < -0.4 is 15.4 Å². The van der Waals surface area contributed by atoms with Crippen LogP contribution in [0.3, 0.4) is 0 Å². The standard InChI is InChI=1S/C31H45N3O6/c1-7-10-19-38-27-22-24(29(36)39-20-18-34(8-2)9-3)16-17-25(27)32-28(35)26(21-23-14-12-11-13-15-23)33-30(37)40-31(4,5)6/h11-17,22,26H,7-10,18-21H2,1-6H3,(H,32,35)(H,33,37). The maximum absolute atomic E-state index is 13.4. The van der Waals surface area contributed by atoms with Gasteiger partial charge in [-0.3, -0.25) is 4.79 Å². The molecule has 2 aromatic rings. The molecule has 0 aromatic heterocycles. The third-order valence-electron chi connectivity index (χ3n) is 6.06. The van der Waals surface area contributed by atoms with Crippen LogP contribution in [0.2, 0.25) is 0 Å². The van der Waals surface area contributed by atoms with Gasteiger partial charge in [0.1, 0.15) is 24.0 Å². The largest absolute Gasteiger partial charge is 0.491 e. The molecule has 0 bridgehead atoms. The highest BCUT2D eigenvalue weighted by Gasteiger charge is 2.26. The van der Waals surface area contributed by atoms with E-state index in [9.17, 15) is 14.4 Å². The topological polar surface area (TPSA) is 106 Å². The smallest absolute Gasteiger partial charge is 0.408 e. The number of carbonyl (C=O) groups is 3. The Morgan fingerprint density at radius 1 is 0.950 bits per heavy atom. The Balaban J connectivity index is 2.23. The molecular formula is C31H45N3O6. The number of amides is 2. The van der Waals surface area contributed by atoms with Crippen molar-refractivity contribution in [2.24, 2.45) is 0 Å². The lowest BCUT2D eigenvalue weighted by Gasteiger charge is -2.24. The number of hydrogen-bond acceptors (Lipinski definition) is 7. The van der Waals surface area contributed by atoms with Crippen LogP contribution in [0.1, 0.15) is 70.3 Å². The summed E-state index contributed by atoms with van der Waals surface area (Å²) in [6.07, 6.45) is 1.30. The molecule has 1 atom stereocenters. The molecule has 0 spiro atoms. The van der Waals surface area contributed by atoms with Gasteiger partial charge in [0, 0.05) is 13.0 Å². The lowest BCUT2D eigenvalue weighted by Crippen LogP contribution is -2.47. The average Bonchev–Trinajstić information content (AvgIpc) is 2.91. The number of rotatable bonds is 15. The summed E-state index contributed by atoms with van der Waals surface area (Å²) in [5, 5.41) is 5.57. The fraction of sp³-hybridized carbons (Fsp3) is 0.516. The van der Waals surface area contributed by atoms with E-state index in [0.717, 1.165) is 31.5 Å². The monoisotopic (exact) mass is 555 g/mol. The molecule has 0 saturated heterocycles. The molecule has 0 aliphatic heterocycles. The van der Waals surface area contributed by atoms with Crippen LogP contribution >= 0.6 is 0 Å². The molecule has 0 aliphatic carbocycles. The zero-order valence-electron chi connectivity index (χ0n) is 24.7. The first-order valence-electron chi connectivity index (χ1n) is 14.1. The number of esters is 1. The van der Waals surface area contributed by atoms with E-state index in [1.54, 1.807) is 39.0 Å². The molecular weight excluding hydrogens is 510 g/mol. The van der Waals surface area contributed by atoms with Gasteiger partial charge in [-0.15, -0.1) is 0 Å². The van der Waals surface area contributed by atoms with E-state index in [-0.39, 0.29) is 13.0 Å². The number of benzene rings is 2. The van der Waals surface area contributed by atoms with Crippen molar-refractivity contribution in [1.29, 1.82) is 0 Å². The van der Waals surface area contributed by atoms with Gasteiger partial charge in [0.2, 0.25) is 5.91 Å². The Bertz CT molecular complexity index is 1080. The maximum Gasteiger partial charge on any atom is 0.408 e. The van der Waals surface area contributed by atoms with E-state index in [1.807, 2.05) is 37.3 Å². The van der Waals surface area contributed by atoms with E-state index < -0.39 is 29.6 Å². The molecule has 2 rings (SSSR count). The molecule has 0 aliphatic rings. The summed E-state index contributed by atoms with van der Waals surface area (Å²) >= 11 is 0. The third-order valence-corrected chi connectivity index (χ3v) is 6.06. The zero-order chi connectivity index (χ0) is 29.5. The van der Waals surface area contributed by atoms with E-state index >= 15 is 0 Å². The van der Waals surface area contributed by atoms with Crippen LogP contribution in [-0.4, -0.2) is 67.4 Å². The number of nitrogens with zero attached hydrogens (tertiary/aromatic N) is 1. The fourth-order valence-electron chi connectivity index (χ4n) is 3.82. The number of likely N-dealkylation sites (N-methyl/N-ethyl adjacent to an activating group) is 1. The lowest BCUT2D eigenvalue weighted by molar-refractivity contribution is -0.118. The second-order valence-corrected chi connectivity index (χ2v) is 10.5. The summed E-state index contributed by atoms with van der Waals surface area (Å²) in [6.45, 7) is 14.6. The van der Waals surface area contributed by atoms with Crippen LogP contribution in [0.4, 0.5) is 10.5 Å². The number of carbonyl (C=O) groups excluding carboxylic acids is 3. The number of hydrogen-bond donors (Lipinski definition) is 2.